The molecule has 0 fully saturated rings. The zero-order valence-corrected chi connectivity index (χ0v) is 7.00. The summed E-state index contributed by atoms with van der Waals surface area (Å²) in [6.45, 7) is 0.682. The maximum Gasteiger partial charge on any atom is 0.146 e. The fourth-order valence-electron chi connectivity index (χ4n) is 1.25. The Balaban J connectivity index is 2.42. The van der Waals surface area contributed by atoms with Crippen LogP contribution in [-0.2, 0) is 0 Å². The summed E-state index contributed by atoms with van der Waals surface area (Å²) in [6.07, 6.45) is 3.69. The number of allylic oxidation sites excluding steroid dienone is 1. The van der Waals surface area contributed by atoms with E-state index in [1.54, 1.807) is 18.3 Å². The minimum absolute atomic E-state index is 0.180. The molecule has 0 saturated heterocycles. The minimum Gasteiger partial charge on any atom is -0.396 e. The highest BCUT2D eigenvalue weighted by Crippen LogP contribution is 2.19. The number of nitrogen functional groups attached to an aromatic ring is 1. The van der Waals surface area contributed by atoms with Gasteiger partial charge in [-0.25, -0.2) is 4.39 Å². The Labute approximate surface area is 75.6 Å². The van der Waals surface area contributed by atoms with Crippen molar-refractivity contribution in [3.63, 3.8) is 0 Å². The van der Waals surface area contributed by atoms with Crippen LogP contribution in [0.25, 0.3) is 5.57 Å². The van der Waals surface area contributed by atoms with Crippen molar-refractivity contribution in [3.8, 4) is 0 Å². The summed E-state index contributed by atoms with van der Waals surface area (Å²) in [5, 5.41) is 0. The van der Waals surface area contributed by atoms with E-state index >= 15 is 0 Å². The molecule has 66 valence electrons. The molecule has 1 aromatic rings. The van der Waals surface area contributed by atoms with Gasteiger partial charge in [0.1, 0.15) is 5.82 Å². The van der Waals surface area contributed by atoms with Crippen molar-refractivity contribution in [2.24, 2.45) is 4.99 Å². The molecule has 2 rings (SSSR count). The fourth-order valence-corrected chi connectivity index (χ4v) is 1.25. The second kappa shape index (κ2) is 3.01. The molecule has 0 aliphatic carbocycles. The van der Waals surface area contributed by atoms with Crippen molar-refractivity contribution in [2.75, 3.05) is 12.3 Å². The van der Waals surface area contributed by atoms with Gasteiger partial charge < -0.3 is 5.73 Å². The van der Waals surface area contributed by atoms with Gasteiger partial charge in [-0.1, -0.05) is 12.1 Å². The lowest BCUT2D eigenvalue weighted by Crippen LogP contribution is -1.92. The Bertz CT molecular complexity index is 394. The third-order valence-corrected chi connectivity index (χ3v) is 1.98. The van der Waals surface area contributed by atoms with Crippen LogP contribution in [-0.4, -0.2) is 12.8 Å². The zero-order valence-electron chi connectivity index (χ0n) is 7.00. The molecule has 0 amide bonds. The second-order valence-corrected chi connectivity index (χ2v) is 2.89. The first-order valence-corrected chi connectivity index (χ1v) is 4.03. The maximum absolute atomic E-state index is 13.0. The molecular weight excluding hydrogens is 167 g/mol. The van der Waals surface area contributed by atoms with Gasteiger partial charge in [0.05, 0.1) is 12.2 Å². The number of hydrogen-bond donors (Lipinski definition) is 1. The van der Waals surface area contributed by atoms with E-state index in [0.717, 1.165) is 11.1 Å². The van der Waals surface area contributed by atoms with Crippen LogP contribution in [0.3, 0.4) is 0 Å². The number of nitrogens with zero attached hydrogens (tertiary/aromatic N) is 1. The molecule has 0 radical (unpaired) electrons. The van der Waals surface area contributed by atoms with E-state index in [1.165, 1.54) is 6.07 Å². The van der Waals surface area contributed by atoms with Crippen LogP contribution in [0.1, 0.15) is 5.56 Å². The van der Waals surface area contributed by atoms with Gasteiger partial charge in [0.25, 0.3) is 0 Å². The van der Waals surface area contributed by atoms with E-state index in [1.807, 2.05) is 6.08 Å². The van der Waals surface area contributed by atoms with E-state index in [2.05, 4.69) is 4.99 Å². The summed E-state index contributed by atoms with van der Waals surface area (Å²) >= 11 is 0. The molecule has 1 aliphatic rings. The predicted molar refractivity (Wildman–Crippen MR) is 52.1 cm³/mol. The number of aliphatic imine (C=N–C) groups is 1. The van der Waals surface area contributed by atoms with E-state index < -0.39 is 0 Å². The Morgan fingerprint density at radius 3 is 2.85 bits per heavy atom. The molecule has 13 heavy (non-hydrogen) atoms. The van der Waals surface area contributed by atoms with Gasteiger partial charge >= 0.3 is 0 Å². The van der Waals surface area contributed by atoms with Crippen LogP contribution in [0.2, 0.25) is 0 Å². The van der Waals surface area contributed by atoms with Gasteiger partial charge in [-0.05, 0) is 23.3 Å². The van der Waals surface area contributed by atoms with Gasteiger partial charge in [0.15, 0.2) is 0 Å². The summed E-state index contributed by atoms with van der Waals surface area (Å²) in [7, 11) is 0. The lowest BCUT2D eigenvalue weighted by Gasteiger charge is -2.01. The number of anilines is 1. The van der Waals surface area contributed by atoms with E-state index in [9.17, 15) is 4.39 Å². The lowest BCUT2D eigenvalue weighted by atomic mass is 10.1. The van der Waals surface area contributed by atoms with Crippen molar-refractivity contribution in [1.29, 1.82) is 0 Å². The van der Waals surface area contributed by atoms with Crippen molar-refractivity contribution in [1.82, 2.24) is 0 Å². The molecule has 1 aliphatic heterocycles. The summed E-state index contributed by atoms with van der Waals surface area (Å²) in [5.41, 5.74) is 7.32. The van der Waals surface area contributed by atoms with Crippen LogP contribution in [0, 0.1) is 5.82 Å². The number of nitrogens with two attached hydrogens (primary N) is 1. The van der Waals surface area contributed by atoms with Gasteiger partial charge in [-0.15, -0.1) is 0 Å². The highest BCUT2D eigenvalue weighted by molar-refractivity contribution is 6.11. The Morgan fingerprint density at radius 1 is 1.38 bits per heavy atom. The SMILES string of the molecule is Nc1ccc(C2=CCN=C2)cc1F. The van der Waals surface area contributed by atoms with Gasteiger partial charge in [0, 0.05) is 6.21 Å². The highest BCUT2D eigenvalue weighted by Gasteiger charge is 2.05. The molecule has 0 unspecified atom stereocenters. The predicted octanol–water partition coefficient (Wildman–Crippen LogP) is 1.88. The van der Waals surface area contributed by atoms with E-state index in [-0.39, 0.29) is 11.5 Å². The standard InChI is InChI=1S/C10H9FN2/c11-9-5-7(1-2-10(9)12)8-3-4-13-6-8/h1-3,5-6H,4,12H2. The summed E-state index contributed by atoms with van der Waals surface area (Å²) in [6, 6.07) is 4.79. The highest BCUT2D eigenvalue weighted by atomic mass is 19.1. The van der Waals surface area contributed by atoms with Gasteiger partial charge in [0.2, 0.25) is 0 Å². The average Bonchev–Trinajstić information content (AvgIpc) is 2.62. The first-order valence-electron chi connectivity index (χ1n) is 4.03. The van der Waals surface area contributed by atoms with Crippen LogP contribution in [0.4, 0.5) is 10.1 Å². The Hall–Kier alpha value is -1.64. The smallest absolute Gasteiger partial charge is 0.146 e. The molecular formula is C10H9FN2. The summed E-state index contributed by atoms with van der Waals surface area (Å²) in [5.74, 6) is -0.376. The third kappa shape index (κ3) is 1.45. The second-order valence-electron chi connectivity index (χ2n) is 2.89. The summed E-state index contributed by atoms with van der Waals surface area (Å²) in [4.78, 5) is 4.02. The fraction of sp³-hybridized carbons (Fsp3) is 0.100. The van der Waals surface area contributed by atoms with E-state index in [4.69, 9.17) is 5.73 Å². The molecule has 0 atom stereocenters. The van der Waals surface area contributed by atoms with Crippen LogP contribution >= 0.6 is 0 Å². The van der Waals surface area contributed by atoms with Crippen LogP contribution < -0.4 is 5.73 Å². The number of halogens is 1. The number of hydrogen-bond acceptors (Lipinski definition) is 2. The van der Waals surface area contributed by atoms with E-state index in [0.29, 0.717) is 6.54 Å². The molecule has 0 bridgehead atoms. The topological polar surface area (TPSA) is 38.4 Å². The normalized spacial score (nSPS) is 14.7. The molecule has 1 aromatic carbocycles. The Kier molecular flexibility index (Phi) is 1.85. The van der Waals surface area contributed by atoms with Crippen molar-refractivity contribution < 1.29 is 4.39 Å². The minimum atomic E-state index is -0.376. The molecule has 2 nitrogen and oxygen atoms in total. The lowest BCUT2D eigenvalue weighted by molar-refractivity contribution is 0.632. The molecule has 3 heteroatoms. The third-order valence-electron chi connectivity index (χ3n) is 1.98. The molecule has 0 saturated carbocycles. The number of rotatable bonds is 1. The molecule has 0 aromatic heterocycles. The van der Waals surface area contributed by atoms with Crippen LogP contribution in [0.15, 0.2) is 29.3 Å². The summed E-state index contributed by atoms with van der Waals surface area (Å²) < 4.78 is 13.0. The molecule has 0 spiro atoms. The molecule has 1 heterocycles. The van der Waals surface area contributed by atoms with Crippen molar-refractivity contribution in [2.45, 2.75) is 0 Å². The number of benzene rings is 1. The van der Waals surface area contributed by atoms with Crippen molar-refractivity contribution in [3.05, 3.63) is 35.7 Å². The maximum atomic E-state index is 13.0. The average molecular weight is 176 g/mol. The monoisotopic (exact) mass is 176 g/mol. The van der Waals surface area contributed by atoms with Crippen molar-refractivity contribution >= 4 is 17.5 Å². The largest absolute Gasteiger partial charge is 0.396 e. The van der Waals surface area contributed by atoms with Gasteiger partial charge in [-0.2, -0.15) is 0 Å². The van der Waals surface area contributed by atoms with Gasteiger partial charge in [-0.3, -0.25) is 4.99 Å². The molecule has 2 N–H and O–H groups in total. The first-order chi connectivity index (χ1) is 6.27. The first kappa shape index (κ1) is 7.98. The quantitative estimate of drug-likeness (QED) is 0.652. The van der Waals surface area contributed by atoms with Crippen LogP contribution in [0.5, 0.6) is 0 Å². The Morgan fingerprint density at radius 2 is 2.23 bits per heavy atom. The zero-order chi connectivity index (χ0) is 9.26.